The Hall–Kier alpha value is -0.590. The van der Waals surface area contributed by atoms with Crippen LogP contribution in [0.1, 0.15) is 59.3 Å². The average Bonchev–Trinajstić information content (AvgIpc) is 2.76. The van der Waals surface area contributed by atoms with Gasteiger partial charge in [-0.15, -0.1) is 0 Å². The molecule has 1 aliphatic heterocycles. The Kier molecular flexibility index (Phi) is 3.71. The van der Waals surface area contributed by atoms with Crippen molar-refractivity contribution in [3.8, 4) is 6.07 Å². The Morgan fingerprint density at radius 1 is 1.22 bits per heavy atom. The summed E-state index contributed by atoms with van der Waals surface area (Å²) in [5.74, 6) is 0. The quantitative estimate of drug-likeness (QED) is 0.820. The van der Waals surface area contributed by atoms with Crippen molar-refractivity contribution in [2.24, 2.45) is 10.8 Å². The highest BCUT2D eigenvalue weighted by molar-refractivity contribution is 5.09. The number of hydrogen-bond donors (Lipinski definition) is 1. The van der Waals surface area contributed by atoms with Gasteiger partial charge in [-0.1, -0.05) is 13.8 Å². The normalized spacial score (nSPS) is 35.9. The van der Waals surface area contributed by atoms with Crippen LogP contribution in [-0.4, -0.2) is 23.4 Å². The highest BCUT2D eigenvalue weighted by atomic mass is 16.5. The van der Waals surface area contributed by atoms with Gasteiger partial charge in [-0.2, -0.15) is 5.26 Å². The molecule has 102 valence electrons. The molecule has 0 radical (unpaired) electrons. The largest absolute Gasteiger partial charge is 0.389 e. The SMILES string of the molecule is CC1CCC(C(O)C2(C#N)CCC(C)(C)CC2)O1. The Morgan fingerprint density at radius 2 is 1.83 bits per heavy atom. The number of rotatable bonds is 2. The molecule has 0 aromatic rings. The van der Waals surface area contributed by atoms with E-state index in [4.69, 9.17) is 4.74 Å². The van der Waals surface area contributed by atoms with Crippen molar-refractivity contribution in [3.63, 3.8) is 0 Å². The van der Waals surface area contributed by atoms with E-state index in [0.717, 1.165) is 38.5 Å². The van der Waals surface area contributed by atoms with Gasteiger partial charge in [-0.25, -0.2) is 0 Å². The van der Waals surface area contributed by atoms with Crippen LogP contribution in [0.2, 0.25) is 0 Å². The predicted molar refractivity (Wildman–Crippen MR) is 69.9 cm³/mol. The molecule has 1 N–H and O–H groups in total. The topological polar surface area (TPSA) is 53.2 Å². The third kappa shape index (κ3) is 2.55. The molecule has 1 saturated carbocycles. The van der Waals surface area contributed by atoms with Gasteiger partial charge in [0.15, 0.2) is 0 Å². The number of ether oxygens (including phenoxy) is 1. The summed E-state index contributed by atoms with van der Waals surface area (Å²) in [6.45, 7) is 6.53. The van der Waals surface area contributed by atoms with Gasteiger partial charge in [-0.3, -0.25) is 0 Å². The minimum absolute atomic E-state index is 0.138. The minimum Gasteiger partial charge on any atom is -0.389 e. The van der Waals surface area contributed by atoms with Gasteiger partial charge in [0.25, 0.3) is 0 Å². The maximum atomic E-state index is 10.6. The molecular weight excluding hydrogens is 226 g/mol. The number of nitrogens with zero attached hydrogens (tertiary/aromatic N) is 1. The summed E-state index contributed by atoms with van der Waals surface area (Å²) in [5, 5.41) is 20.1. The molecule has 2 fully saturated rings. The van der Waals surface area contributed by atoms with Crippen LogP contribution < -0.4 is 0 Å². The number of aliphatic hydroxyl groups excluding tert-OH is 1. The first kappa shape index (κ1) is 13.8. The van der Waals surface area contributed by atoms with Gasteiger partial charge in [0.05, 0.1) is 29.8 Å². The van der Waals surface area contributed by atoms with Gasteiger partial charge in [0.2, 0.25) is 0 Å². The fraction of sp³-hybridized carbons (Fsp3) is 0.933. The van der Waals surface area contributed by atoms with Gasteiger partial charge in [0.1, 0.15) is 0 Å². The lowest BCUT2D eigenvalue weighted by Gasteiger charge is -2.43. The maximum Gasteiger partial charge on any atom is 0.0987 e. The molecule has 3 atom stereocenters. The first-order valence-corrected chi connectivity index (χ1v) is 7.13. The molecule has 3 heteroatoms. The molecule has 2 rings (SSSR count). The lowest BCUT2D eigenvalue weighted by Crippen LogP contribution is -2.45. The van der Waals surface area contributed by atoms with Crippen LogP contribution in [0.3, 0.4) is 0 Å². The Morgan fingerprint density at radius 3 is 2.28 bits per heavy atom. The Balaban J connectivity index is 2.07. The van der Waals surface area contributed by atoms with Crippen molar-refractivity contribution in [1.29, 1.82) is 5.26 Å². The summed E-state index contributed by atoms with van der Waals surface area (Å²) in [4.78, 5) is 0. The highest BCUT2D eigenvalue weighted by Gasteiger charge is 2.48. The van der Waals surface area contributed by atoms with Crippen LogP contribution in [-0.2, 0) is 4.74 Å². The summed E-state index contributed by atoms with van der Waals surface area (Å²) in [7, 11) is 0. The van der Waals surface area contributed by atoms with Crippen LogP contribution in [0.5, 0.6) is 0 Å². The van der Waals surface area contributed by atoms with Crippen molar-refractivity contribution in [2.45, 2.75) is 77.6 Å². The zero-order valence-corrected chi connectivity index (χ0v) is 11.8. The van der Waals surface area contributed by atoms with Gasteiger partial charge >= 0.3 is 0 Å². The number of aliphatic hydroxyl groups is 1. The van der Waals surface area contributed by atoms with E-state index in [1.807, 2.05) is 6.92 Å². The standard InChI is InChI=1S/C15H25NO2/c1-11-4-5-12(18-11)13(17)15(10-16)8-6-14(2,3)7-9-15/h11-13,17H,4-9H2,1-3H3. The maximum absolute atomic E-state index is 10.6. The van der Waals surface area contributed by atoms with E-state index in [2.05, 4.69) is 19.9 Å². The van der Waals surface area contributed by atoms with Crippen molar-refractivity contribution in [2.75, 3.05) is 0 Å². The second-order valence-corrected chi connectivity index (χ2v) is 6.94. The lowest BCUT2D eigenvalue weighted by molar-refractivity contribution is -0.0889. The zero-order chi connectivity index (χ0) is 13.4. The third-order valence-electron chi connectivity index (χ3n) is 4.90. The third-order valence-corrected chi connectivity index (χ3v) is 4.90. The molecular formula is C15H25NO2. The van der Waals surface area contributed by atoms with Crippen molar-refractivity contribution >= 4 is 0 Å². The van der Waals surface area contributed by atoms with Crippen LogP contribution in [0, 0.1) is 22.2 Å². The summed E-state index contributed by atoms with van der Waals surface area (Å²) >= 11 is 0. The predicted octanol–water partition coefficient (Wildman–Crippen LogP) is 3.02. The molecule has 2 aliphatic rings. The molecule has 3 unspecified atom stereocenters. The first-order valence-electron chi connectivity index (χ1n) is 7.13. The lowest BCUT2D eigenvalue weighted by atomic mass is 9.62. The summed E-state index contributed by atoms with van der Waals surface area (Å²) in [6.07, 6.45) is 4.96. The second kappa shape index (κ2) is 4.83. The van der Waals surface area contributed by atoms with Crippen molar-refractivity contribution in [1.82, 2.24) is 0 Å². The molecule has 0 aromatic heterocycles. The van der Waals surface area contributed by atoms with Crippen LogP contribution in [0.15, 0.2) is 0 Å². The molecule has 1 aliphatic carbocycles. The van der Waals surface area contributed by atoms with Gasteiger partial charge in [-0.05, 0) is 50.9 Å². The van der Waals surface area contributed by atoms with Crippen LogP contribution in [0.25, 0.3) is 0 Å². The van der Waals surface area contributed by atoms with E-state index in [1.165, 1.54) is 0 Å². The van der Waals surface area contributed by atoms with E-state index in [1.54, 1.807) is 0 Å². The van der Waals surface area contributed by atoms with E-state index in [9.17, 15) is 10.4 Å². The molecule has 1 saturated heterocycles. The minimum atomic E-state index is -0.622. The molecule has 0 amide bonds. The average molecular weight is 251 g/mol. The molecule has 18 heavy (non-hydrogen) atoms. The van der Waals surface area contributed by atoms with Crippen LogP contribution in [0.4, 0.5) is 0 Å². The molecule has 0 aromatic carbocycles. The van der Waals surface area contributed by atoms with Crippen LogP contribution >= 0.6 is 0 Å². The zero-order valence-electron chi connectivity index (χ0n) is 11.8. The number of hydrogen-bond acceptors (Lipinski definition) is 3. The highest BCUT2D eigenvalue weighted by Crippen LogP contribution is 2.48. The van der Waals surface area contributed by atoms with E-state index >= 15 is 0 Å². The monoisotopic (exact) mass is 251 g/mol. The van der Waals surface area contributed by atoms with Gasteiger partial charge < -0.3 is 9.84 Å². The Labute approximate surface area is 110 Å². The molecule has 0 bridgehead atoms. The van der Waals surface area contributed by atoms with E-state index in [0.29, 0.717) is 5.41 Å². The molecule has 3 nitrogen and oxygen atoms in total. The van der Waals surface area contributed by atoms with Crippen molar-refractivity contribution in [3.05, 3.63) is 0 Å². The smallest absolute Gasteiger partial charge is 0.0987 e. The van der Waals surface area contributed by atoms with E-state index < -0.39 is 11.5 Å². The van der Waals surface area contributed by atoms with Gasteiger partial charge in [0, 0.05) is 0 Å². The Bertz CT molecular complexity index is 335. The summed E-state index contributed by atoms with van der Waals surface area (Å²) in [6, 6.07) is 2.42. The van der Waals surface area contributed by atoms with Crippen molar-refractivity contribution < 1.29 is 9.84 Å². The fourth-order valence-electron chi connectivity index (χ4n) is 3.27. The summed E-state index contributed by atoms with van der Waals surface area (Å²) in [5.41, 5.74) is -0.270. The molecule has 1 heterocycles. The number of nitriles is 1. The van der Waals surface area contributed by atoms with E-state index in [-0.39, 0.29) is 12.2 Å². The molecule has 0 spiro atoms. The first-order chi connectivity index (χ1) is 8.38. The second-order valence-electron chi connectivity index (χ2n) is 6.94. The summed E-state index contributed by atoms with van der Waals surface area (Å²) < 4.78 is 5.75. The fourth-order valence-corrected chi connectivity index (χ4v) is 3.27.